The van der Waals surface area contributed by atoms with Crippen molar-refractivity contribution in [1.82, 2.24) is 19.6 Å². The molecule has 0 saturated carbocycles. The Morgan fingerprint density at radius 2 is 1.84 bits per heavy atom. The molecule has 0 bridgehead atoms. The fraction of sp³-hybridized carbons (Fsp3) is 0. The van der Waals surface area contributed by atoms with Crippen LogP contribution in [0, 0.1) is 0 Å². The molecule has 0 amide bonds. The average Bonchev–Trinajstić information content (AvgIpc) is 3.33. The zero-order valence-corrected chi connectivity index (χ0v) is 13.8. The summed E-state index contributed by atoms with van der Waals surface area (Å²) in [5, 5.41) is 6.59. The van der Waals surface area contributed by atoms with Gasteiger partial charge in [0.05, 0.1) is 0 Å². The minimum absolute atomic E-state index is 0.476. The second-order valence-corrected chi connectivity index (χ2v) is 6.64. The molecule has 0 fully saturated rings. The largest absolute Gasteiger partial charge is 0.360 e. The molecule has 5 aromatic rings. The number of hydrogen-bond acceptors (Lipinski definition) is 4. The van der Waals surface area contributed by atoms with Crippen LogP contribution in [0.3, 0.4) is 0 Å². The number of aromatic amines is 1. The van der Waals surface area contributed by atoms with E-state index in [1.54, 1.807) is 4.52 Å². The van der Waals surface area contributed by atoms with E-state index >= 15 is 0 Å². The van der Waals surface area contributed by atoms with Gasteiger partial charge in [-0.3, -0.25) is 4.79 Å². The minimum Gasteiger partial charge on any atom is -0.360 e. The highest BCUT2D eigenvalue weighted by Gasteiger charge is 2.19. The van der Waals surface area contributed by atoms with Gasteiger partial charge in [-0.05, 0) is 6.07 Å². The van der Waals surface area contributed by atoms with Gasteiger partial charge in [0.15, 0.2) is 6.29 Å². The van der Waals surface area contributed by atoms with E-state index in [-0.39, 0.29) is 0 Å². The first-order valence-corrected chi connectivity index (χ1v) is 8.63. The van der Waals surface area contributed by atoms with Gasteiger partial charge >= 0.3 is 0 Å². The molecule has 0 radical (unpaired) electrons. The summed E-state index contributed by atoms with van der Waals surface area (Å²) < 4.78 is 1.64. The molecule has 3 aromatic heterocycles. The Morgan fingerprint density at radius 3 is 2.68 bits per heavy atom. The maximum atomic E-state index is 11.7. The third-order valence-electron chi connectivity index (χ3n) is 4.22. The van der Waals surface area contributed by atoms with Gasteiger partial charge in [0, 0.05) is 28.2 Å². The summed E-state index contributed by atoms with van der Waals surface area (Å²) in [5.41, 5.74) is 4.13. The lowest BCUT2D eigenvalue weighted by molar-refractivity contribution is 0.111. The smallest absolute Gasteiger partial charge is 0.213 e. The quantitative estimate of drug-likeness (QED) is 0.493. The van der Waals surface area contributed by atoms with Crippen LogP contribution in [-0.2, 0) is 0 Å². The van der Waals surface area contributed by atoms with Crippen LogP contribution >= 0.6 is 11.3 Å². The van der Waals surface area contributed by atoms with Crippen LogP contribution in [0.25, 0.3) is 37.7 Å². The Balaban J connectivity index is 1.71. The number of benzene rings is 2. The molecule has 2 aromatic carbocycles. The normalized spacial score (nSPS) is 11.4. The number of fused-ring (bicyclic) bond motifs is 2. The van der Waals surface area contributed by atoms with Crippen LogP contribution in [0.15, 0.2) is 60.8 Å². The molecule has 120 valence electrons. The zero-order chi connectivity index (χ0) is 16.8. The lowest BCUT2D eigenvalue weighted by atomic mass is 10.1. The van der Waals surface area contributed by atoms with E-state index in [2.05, 4.69) is 21.1 Å². The van der Waals surface area contributed by atoms with E-state index in [0.29, 0.717) is 16.3 Å². The summed E-state index contributed by atoms with van der Waals surface area (Å²) in [6, 6.07) is 17.8. The van der Waals surface area contributed by atoms with Crippen molar-refractivity contribution >= 4 is 33.5 Å². The van der Waals surface area contributed by atoms with Gasteiger partial charge in [-0.1, -0.05) is 59.9 Å². The highest BCUT2D eigenvalue weighted by molar-refractivity contribution is 7.20. The molecule has 0 aliphatic rings. The summed E-state index contributed by atoms with van der Waals surface area (Å²) in [7, 11) is 0. The van der Waals surface area contributed by atoms with Crippen molar-refractivity contribution in [2.45, 2.75) is 0 Å². The van der Waals surface area contributed by atoms with Crippen LogP contribution in [0.4, 0.5) is 0 Å². The van der Waals surface area contributed by atoms with Gasteiger partial charge in [0.25, 0.3) is 0 Å². The van der Waals surface area contributed by atoms with Gasteiger partial charge < -0.3 is 4.98 Å². The maximum absolute atomic E-state index is 11.7. The van der Waals surface area contributed by atoms with Crippen LogP contribution < -0.4 is 0 Å². The van der Waals surface area contributed by atoms with E-state index in [1.165, 1.54) is 11.3 Å². The average molecular weight is 344 g/mol. The second-order valence-electron chi connectivity index (χ2n) is 5.68. The number of carbonyl (C=O) groups excluding carboxylic acids is 1. The Labute approximate surface area is 146 Å². The molecular weight excluding hydrogens is 332 g/mol. The number of H-pyrrole nitrogens is 1. The van der Waals surface area contributed by atoms with Crippen molar-refractivity contribution in [3.63, 3.8) is 0 Å². The number of aromatic nitrogens is 4. The molecule has 1 N–H and O–H groups in total. The standard InChI is InChI=1S/C19H12N4OS/c24-11-16-17(12-6-2-1-3-7-12)21-19-23(16)22-18(25-19)14-10-20-15-9-5-4-8-13(14)15/h1-11,20H. The molecule has 3 heterocycles. The van der Waals surface area contributed by atoms with Gasteiger partial charge in [-0.2, -0.15) is 9.61 Å². The van der Waals surface area contributed by atoms with Crippen LogP contribution in [-0.4, -0.2) is 25.9 Å². The second kappa shape index (κ2) is 5.39. The third-order valence-corrected chi connectivity index (χ3v) is 5.16. The van der Waals surface area contributed by atoms with E-state index in [1.807, 2.05) is 54.7 Å². The predicted octanol–water partition coefficient (Wildman–Crippen LogP) is 4.42. The van der Waals surface area contributed by atoms with Crippen molar-refractivity contribution in [3.05, 3.63) is 66.5 Å². The lowest BCUT2D eigenvalue weighted by Gasteiger charge is -1.97. The molecule has 0 unspecified atom stereocenters. The highest BCUT2D eigenvalue weighted by atomic mass is 32.1. The zero-order valence-electron chi connectivity index (χ0n) is 13.0. The maximum Gasteiger partial charge on any atom is 0.213 e. The van der Waals surface area contributed by atoms with Crippen molar-refractivity contribution in [1.29, 1.82) is 0 Å². The number of rotatable bonds is 3. The molecule has 5 nitrogen and oxygen atoms in total. The number of hydrogen-bond donors (Lipinski definition) is 1. The van der Waals surface area contributed by atoms with Crippen molar-refractivity contribution in [2.24, 2.45) is 0 Å². The molecule has 0 aliphatic carbocycles. The highest BCUT2D eigenvalue weighted by Crippen LogP contribution is 2.33. The Kier molecular flexibility index (Phi) is 3.05. The SMILES string of the molecule is O=Cc1c(-c2ccccc2)nc2sc(-c3c[nH]c4ccccc34)nn12. The molecule has 6 heteroatoms. The van der Waals surface area contributed by atoms with Crippen LogP contribution in [0.2, 0.25) is 0 Å². The first-order valence-electron chi connectivity index (χ1n) is 7.82. The Morgan fingerprint density at radius 1 is 1.04 bits per heavy atom. The number of imidazole rings is 1. The van der Waals surface area contributed by atoms with Crippen molar-refractivity contribution < 1.29 is 4.79 Å². The first kappa shape index (κ1) is 14.1. The molecule has 0 atom stereocenters. The summed E-state index contributed by atoms with van der Waals surface area (Å²) >= 11 is 1.48. The molecule has 0 saturated heterocycles. The number of aldehydes is 1. The fourth-order valence-electron chi connectivity index (χ4n) is 3.04. The summed E-state index contributed by atoms with van der Waals surface area (Å²) in [5.74, 6) is 0. The summed E-state index contributed by atoms with van der Waals surface area (Å²) in [6.45, 7) is 0. The lowest BCUT2D eigenvalue weighted by Crippen LogP contribution is -1.94. The topological polar surface area (TPSA) is 63.0 Å². The fourth-order valence-corrected chi connectivity index (χ4v) is 3.97. The van der Waals surface area contributed by atoms with Gasteiger partial charge in [0.2, 0.25) is 4.96 Å². The third kappa shape index (κ3) is 2.11. The van der Waals surface area contributed by atoms with E-state index in [4.69, 9.17) is 0 Å². The van der Waals surface area contributed by atoms with Crippen molar-refractivity contribution in [2.75, 3.05) is 0 Å². The van der Waals surface area contributed by atoms with Gasteiger partial charge in [0.1, 0.15) is 16.4 Å². The number of para-hydroxylation sites is 1. The monoisotopic (exact) mass is 344 g/mol. The van der Waals surface area contributed by atoms with Crippen molar-refractivity contribution in [3.8, 4) is 21.8 Å². The van der Waals surface area contributed by atoms with Crippen LogP contribution in [0.1, 0.15) is 10.5 Å². The summed E-state index contributed by atoms with van der Waals surface area (Å²) in [4.78, 5) is 20.3. The molecular formula is C19H12N4OS. The van der Waals surface area contributed by atoms with Gasteiger partial charge in [-0.25, -0.2) is 4.98 Å². The minimum atomic E-state index is 0.476. The Hall–Kier alpha value is -3.25. The van der Waals surface area contributed by atoms with Crippen LogP contribution in [0.5, 0.6) is 0 Å². The predicted molar refractivity (Wildman–Crippen MR) is 99.0 cm³/mol. The Bertz CT molecular complexity index is 1220. The summed E-state index contributed by atoms with van der Waals surface area (Å²) in [6.07, 6.45) is 2.77. The number of carbonyl (C=O) groups is 1. The van der Waals surface area contributed by atoms with Gasteiger partial charge in [-0.15, -0.1) is 0 Å². The van der Waals surface area contributed by atoms with E-state index in [0.717, 1.165) is 33.3 Å². The van der Waals surface area contributed by atoms with E-state index in [9.17, 15) is 4.79 Å². The molecule has 5 rings (SSSR count). The number of nitrogens with one attached hydrogen (secondary N) is 1. The molecule has 0 aliphatic heterocycles. The molecule has 25 heavy (non-hydrogen) atoms. The first-order chi connectivity index (χ1) is 12.3. The molecule has 0 spiro atoms. The number of nitrogens with zero attached hydrogens (tertiary/aromatic N) is 3. The van der Waals surface area contributed by atoms with E-state index < -0.39 is 0 Å².